The molecule has 0 spiro atoms. The topological polar surface area (TPSA) is 70.8 Å². The Labute approximate surface area is 119 Å². The zero-order chi connectivity index (χ0) is 15.1. The number of rotatable bonds is 3. The van der Waals surface area contributed by atoms with E-state index in [4.69, 9.17) is 19.8 Å². The van der Waals surface area contributed by atoms with Gasteiger partial charge in [-0.2, -0.15) is 0 Å². The van der Waals surface area contributed by atoms with Crippen LogP contribution >= 0.6 is 0 Å². The van der Waals surface area contributed by atoms with Crippen molar-refractivity contribution >= 4 is 18.5 Å². The predicted octanol–water partition coefficient (Wildman–Crippen LogP) is 1.09. The number of primary amides is 1. The van der Waals surface area contributed by atoms with E-state index < -0.39 is 24.2 Å². The van der Waals surface area contributed by atoms with Gasteiger partial charge in [0.1, 0.15) is 5.75 Å². The van der Waals surface area contributed by atoms with Crippen LogP contribution in [0.15, 0.2) is 18.2 Å². The van der Waals surface area contributed by atoms with E-state index >= 15 is 0 Å². The largest absolute Gasteiger partial charge is 0.498 e. The second kappa shape index (κ2) is 4.79. The zero-order valence-corrected chi connectivity index (χ0v) is 12.5. The van der Waals surface area contributed by atoms with Crippen molar-refractivity contribution in [2.24, 2.45) is 5.73 Å². The van der Waals surface area contributed by atoms with Crippen molar-refractivity contribution in [3.8, 4) is 5.75 Å². The Kier molecular flexibility index (Phi) is 3.56. The number of benzene rings is 1. The van der Waals surface area contributed by atoms with E-state index in [1.165, 1.54) is 7.11 Å². The number of carbonyl (C=O) groups is 1. The molecule has 20 heavy (non-hydrogen) atoms. The summed E-state index contributed by atoms with van der Waals surface area (Å²) in [5.41, 5.74) is 5.56. The molecule has 2 N–H and O–H groups in total. The van der Waals surface area contributed by atoms with Crippen LogP contribution in [-0.2, 0) is 9.31 Å². The summed E-state index contributed by atoms with van der Waals surface area (Å²) in [6, 6.07) is 5.00. The monoisotopic (exact) mass is 277 g/mol. The molecule has 1 fully saturated rings. The fourth-order valence-electron chi connectivity index (χ4n) is 2.03. The van der Waals surface area contributed by atoms with E-state index in [2.05, 4.69) is 0 Å². The molecule has 1 aliphatic heterocycles. The third-order valence-corrected chi connectivity index (χ3v) is 4.03. The lowest BCUT2D eigenvalue weighted by Gasteiger charge is -2.32. The third-order valence-electron chi connectivity index (χ3n) is 4.03. The van der Waals surface area contributed by atoms with Crippen LogP contribution in [0.4, 0.5) is 0 Å². The summed E-state index contributed by atoms with van der Waals surface area (Å²) in [6.45, 7) is 7.93. The summed E-state index contributed by atoms with van der Waals surface area (Å²) in [6.07, 6.45) is 0. The smallest absolute Gasteiger partial charge is 0.497 e. The molecule has 0 radical (unpaired) electrons. The minimum atomic E-state index is -0.531. The molecule has 0 atom stereocenters. The average Bonchev–Trinajstić information content (AvgIpc) is 2.57. The SMILES string of the molecule is COc1cc(C(N)=O)ccc1B1OC(C)(C)C(C)(C)O1. The standard InChI is InChI=1S/C14H20BNO4/c1-13(2)14(3,4)20-15(19-13)10-7-6-9(12(16)17)8-11(10)18-5/h6-8H,1-5H3,(H2,16,17). The van der Waals surface area contributed by atoms with Crippen LogP contribution in [0.3, 0.4) is 0 Å². The lowest BCUT2D eigenvalue weighted by Crippen LogP contribution is -2.41. The number of amides is 1. The molecule has 0 aliphatic carbocycles. The van der Waals surface area contributed by atoms with Gasteiger partial charge in [-0.15, -0.1) is 0 Å². The van der Waals surface area contributed by atoms with Gasteiger partial charge in [0.05, 0.1) is 18.3 Å². The van der Waals surface area contributed by atoms with Gasteiger partial charge in [0.15, 0.2) is 0 Å². The van der Waals surface area contributed by atoms with E-state index in [-0.39, 0.29) is 0 Å². The van der Waals surface area contributed by atoms with Crippen LogP contribution in [0.2, 0.25) is 0 Å². The molecule has 0 bridgehead atoms. The molecule has 2 rings (SSSR count). The lowest BCUT2D eigenvalue weighted by atomic mass is 9.78. The van der Waals surface area contributed by atoms with Gasteiger partial charge in [-0.3, -0.25) is 4.79 Å². The van der Waals surface area contributed by atoms with Crippen LogP contribution in [0.5, 0.6) is 5.75 Å². The highest BCUT2D eigenvalue weighted by Crippen LogP contribution is 2.37. The van der Waals surface area contributed by atoms with Gasteiger partial charge in [0.2, 0.25) is 5.91 Å². The van der Waals surface area contributed by atoms with Crippen molar-refractivity contribution in [3.05, 3.63) is 23.8 Å². The van der Waals surface area contributed by atoms with Crippen molar-refractivity contribution in [1.29, 1.82) is 0 Å². The summed E-state index contributed by atoms with van der Waals surface area (Å²) < 4.78 is 17.3. The van der Waals surface area contributed by atoms with Crippen molar-refractivity contribution in [1.82, 2.24) is 0 Å². The van der Waals surface area contributed by atoms with Crippen molar-refractivity contribution in [2.45, 2.75) is 38.9 Å². The Morgan fingerprint density at radius 1 is 1.20 bits per heavy atom. The van der Waals surface area contributed by atoms with Crippen molar-refractivity contribution in [2.75, 3.05) is 7.11 Å². The quantitative estimate of drug-likeness (QED) is 0.840. The van der Waals surface area contributed by atoms with E-state index in [9.17, 15) is 4.79 Å². The molecule has 108 valence electrons. The van der Waals surface area contributed by atoms with Crippen LogP contribution in [-0.4, -0.2) is 31.3 Å². The van der Waals surface area contributed by atoms with Crippen LogP contribution in [0.1, 0.15) is 38.1 Å². The second-order valence-electron chi connectivity index (χ2n) is 5.91. The number of ether oxygens (including phenoxy) is 1. The zero-order valence-electron chi connectivity index (χ0n) is 12.5. The number of nitrogens with two attached hydrogens (primary N) is 1. The first-order valence-electron chi connectivity index (χ1n) is 6.51. The predicted molar refractivity (Wildman–Crippen MR) is 77.2 cm³/mol. The minimum Gasteiger partial charge on any atom is -0.497 e. The lowest BCUT2D eigenvalue weighted by molar-refractivity contribution is 0.00578. The molecule has 1 aliphatic rings. The highest BCUT2D eigenvalue weighted by molar-refractivity contribution is 6.63. The molecule has 0 aromatic heterocycles. The van der Waals surface area contributed by atoms with Gasteiger partial charge in [-0.05, 0) is 39.8 Å². The van der Waals surface area contributed by atoms with Gasteiger partial charge in [0, 0.05) is 11.0 Å². The first-order chi connectivity index (χ1) is 9.18. The molecule has 1 aromatic carbocycles. The molecule has 1 aromatic rings. The summed E-state index contributed by atoms with van der Waals surface area (Å²) in [7, 11) is 1.01. The molecule has 1 saturated heterocycles. The summed E-state index contributed by atoms with van der Waals surface area (Å²) >= 11 is 0. The third kappa shape index (κ3) is 2.41. The maximum Gasteiger partial charge on any atom is 0.498 e. The van der Waals surface area contributed by atoms with Crippen LogP contribution in [0.25, 0.3) is 0 Å². The number of hydrogen-bond donors (Lipinski definition) is 1. The Balaban J connectivity index is 2.37. The number of methoxy groups -OCH3 is 1. The molecule has 0 unspecified atom stereocenters. The molecular formula is C14H20BNO4. The summed E-state index contributed by atoms with van der Waals surface area (Å²) in [5, 5.41) is 0. The maximum atomic E-state index is 11.2. The van der Waals surface area contributed by atoms with E-state index in [0.717, 1.165) is 5.46 Å². The van der Waals surface area contributed by atoms with Gasteiger partial charge < -0.3 is 19.8 Å². The van der Waals surface area contributed by atoms with Crippen molar-refractivity contribution < 1.29 is 18.8 Å². The number of carbonyl (C=O) groups excluding carboxylic acids is 1. The number of hydrogen-bond acceptors (Lipinski definition) is 4. The molecule has 5 nitrogen and oxygen atoms in total. The summed E-state index contributed by atoms with van der Waals surface area (Å²) in [4.78, 5) is 11.2. The Morgan fingerprint density at radius 2 is 1.75 bits per heavy atom. The van der Waals surface area contributed by atoms with Crippen LogP contribution < -0.4 is 15.9 Å². The molecular weight excluding hydrogens is 257 g/mol. The summed E-state index contributed by atoms with van der Waals surface area (Å²) in [5.74, 6) is 0.0311. The minimum absolute atomic E-state index is 0.391. The molecule has 0 saturated carbocycles. The molecule has 1 heterocycles. The Hall–Kier alpha value is -1.53. The second-order valence-corrected chi connectivity index (χ2v) is 5.91. The maximum absolute atomic E-state index is 11.2. The normalized spacial score (nSPS) is 19.9. The molecule has 1 amide bonds. The van der Waals surface area contributed by atoms with E-state index in [0.29, 0.717) is 11.3 Å². The Bertz CT molecular complexity index is 526. The van der Waals surface area contributed by atoms with E-state index in [1.54, 1.807) is 18.2 Å². The average molecular weight is 277 g/mol. The highest BCUT2D eigenvalue weighted by Gasteiger charge is 2.52. The first-order valence-corrected chi connectivity index (χ1v) is 6.51. The van der Waals surface area contributed by atoms with Gasteiger partial charge in [-0.1, -0.05) is 6.07 Å². The van der Waals surface area contributed by atoms with E-state index in [1.807, 2.05) is 27.7 Å². The molecule has 6 heteroatoms. The fourth-order valence-corrected chi connectivity index (χ4v) is 2.03. The van der Waals surface area contributed by atoms with Gasteiger partial charge >= 0.3 is 7.12 Å². The highest BCUT2D eigenvalue weighted by atomic mass is 16.7. The van der Waals surface area contributed by atoms with Gasteiger partial charge in [0.25, 0.3) is 0 Å². The fraction of sp³-hybridized carbons (Fsp3) is 0.500. The first kappa shape index (κ1) is 14.9. The van der Waals surface area contributed by atoms with Crippen LogP contribution in [0, 0.1) is 0 Å². The van der Waals surface area contributed by atoms with Crippen molar-refractivity contribution in [3.63, 3.8) is 0 Å². The Morgan fingerprint density at radius 3 is 2.20 bits per heavy atom. The van der Waals surface area contributed by atoms with Gasteiger partial charge in [-0.25, -0.2) is 0 Å².